The summed E-state index contributed by atoms with van der Waals surface area (Å²) in [6.07, 6.45) is 4.18. The van der Waals surface area contributed by atoms with Gasteiger partial charge in [0.15, 0.2) is 0 Å². The fourth-order valence-electron chi connectivity index (χ4n) is 4.14. The lowest BCUT2D eigenvalue weighted by Crippen LogP contribution is -2.57. The number of hydrogen-bond acceptors (Lipinski definition) is 7. The topological polar surface area (TPSA) is 187 Å². The number of hydrogen-bond donors (Lipinski definition) is 7. The van der Waals surface area contributed by atoms with Crippen molar-refractivity contribution in [1.29, 1.82) is 0 Å². The van der Waals surface area contributed by atoms with Gasteiger partial charge in [-0.05, 0) is 61.1 Å². The second-order valence-electron chi connectivity index (χ2n) is 9.51. The number of nitrogens with one attached hydrogen (secondary N) is 4. The summed E-state index contributed by atoms with van der Waals surface area (Å²) in [4.78, 5) is 53.9. The Morgan fingerprint density at radius 1 is 0.925 bits per heavy atom. The van der Waals surface area contributed by atoms with Crippen molar-refractivity contribution >= 4 is 46.4 Å². The van der Waals surface area contributed by atoms with E-state index in [0.29, 0.717) is 5.75 Å². The van der Waals surface area contributed by atoms with Gasteiger partial charge in [0.05, 0.1) is 6.04 Å². The maximum Gasteiger partial charge on any atom is 0.325 e. The zero-order valence-corrected chi connectivity index (χ0v) is 23.2. The smallest absolute Gasteiger partial charge is 0.325 e. The van der Waals surface area contributed by atoms with Crippen molar-refractivity contribution in [3.8, 4) is 5.75 Å². The van der Waals surface area contributed by atoms with Gasteiger partial charge in [-0.15, -0.1) is 0 Å². The van der Waals surface area contributed by atoms with Gasteiger partial charge in [0, 0.05) is 23.5 Å². The van der Waals surface area contributed by atoms with E-state index in [9.17, 15) is 29.4 Å². The Kier molecular flexibility index (Phi) is 11.0. The summed E-state index contributed by atoms with van der Waals surface area (Å²) in [5, 5.41) is 27.4. The molecule has 3 rings (SSSR count). The molecule has 11 nitrogen and oxygen atoms in total. The first kappa shape index (κ1) is 30.5. The Balaban J connectivity index is 1.81. The third-order valence-electron chi connectivity index (χ3n) is 6.43. The monoisotopic (exact) mass is 569 g/mol. The van der Waals surface area contributed by atoms with Crippen molar-refractivity contribution in [3.05, 3.63) is 65.9 Å². The van der Waals surface area contributed by atoms with Gasteiger partial charge in [0.2, 0.25) is 17.7 Å². The second kappa shape index (κ2) is 14.4. The van der Waals surface area contributed by atoms with Crippen LogP contribution in [0, 0.1) is 0 Å². The summed E-state index contributed by atoms with van der Waals surface area (Å²) < 4.78 is 0. The molecule has 0 spiro atoms. The Labute approximate surface area is 236 Å². The van der Waals surface area contributed by atoms with Crippen molar-refractivity contribution in [2.24, 2.45) is 5.73 Å². The van der Waals surface area contributed by atoms with Gasteiger partial charge in [-0.2, -0.15) is 11.8 Å². The molecule has 214 valence electrons. The van der Waals surface area contributed by atoms with Gasteiger partial charge in [0.1, 0.15) is 23.9 Å². The van der Waals surface area contributed by atoms with Crippen LogP contribution in [0.4, 0.5) is 0 Å². The number of phenolic OH excluding ortho intramolecular Hbond substituents is 1. The molecular formula is C28H35N5O6S. The van der Waals surface area contributed by atoms with E-state index in [-0.39, 0.29) is 25.0 Å². The Morgan fingerprint density at radius 2 is 1.57 bits per heavy atom. The average Bonchev–Trinajstić information content (AvgIpc) is 3.34. The molecule has 12 heteroatoms. The van der Waals surface area contributed by atoms with Crippen molar-refractivity contribution in [2.75, 3.05) is 12.0 Å². The molecule has 0 fully saturated rings. The van der Waals surface area contributed by atoms with Crippen LogP contribution in [-0.2, 0) is 32.0 Å². The number of aromatic hydroxyl groups is 1. The molecule has 1 aromatic heterocycles. The van der Waals surface area contributed by atoms with Crippen LogP contribution in [0.25, 0.3) is 10.9 Å². The van der Waals surface area contributed by atoms with Crippen molar-refractivity contribution in [3.63, 3.8) is 0 Å². The molecule has 4 atom stereocenters. The van der Waals surface area contributed by atoms with Crippen molar-refractivity contribution < 1.29 is 29.4 Å². The minimum absolute atomic E-state index is 0.0926. The molecule has 8 N–H and O–H groups in total. The van der Waals surface area contributed by atoms with Crippen LogP contribution < -0.4 is 21.7 Å². The molecule has 0 aliphatic carbocycles. The number of phenols is 1. The molecule has 3 amide bonds. The number of aromatic nitrogens is 1. The van der Waals surface area contributed by atoms with Gasteiger partial charge in [-0.1, -0.05) is 30.3 Å². The molecule has 4 unspecified atom stereocenters. The van der Waals surface area contributed by atoms with E-state index in [1.165, 1.54) is 30.8 Å². The molecule has 0 radical (unpaired) electrons. The van der Waals surface area contributed by atoms with Crippen LogP contribution in [0.2, 0.25) is 0 Å². The third kappa shape index (κ3) is 8.48. The highest BCUT2D eigenvalue weighted by Gasteiger charge is 2.30. The molecule has 0 bridgehead atoms. The lowest BCUT2D eigenvalue weighted by Gasteiger charge is -2.25. The van der Waals surface area contributed by atoms with E-state index < -0.39 is 47.9 Å². The number of carboxylic acids is 1. The van der Waals surface area contributed by atoms with Crippen LogP contribution in [0.15, 0.2) is 54.7 Å². The first-order valence-electron chi connectivity index (χ1n) is 12.8. The predicted octanol–water partition coefficient (Wildman–Crippen LogP) is 1.30. The van der Waals surface area contributed by atoms with E-state index >= 15 is 0 Å². The number of amides is 3. The number of nitrogens with two attached hydrogens (primary N) is 1. The number of fused-ring (bicyclic) bond motifs is 1. The number of carboxylic acid groups (broad SMARTS) is 1. The van der Waals surface area contributed by atoms with Crippen LogP contribution in [0.3, 0.4) is 0 Å². The van der Waals surface area contributed by atoms with Gasteiger partial charge >= 0.3 is 5.97 Å². The Bertz CT molecular complexity index is 1330. The number of aromatic amines is 1. The van der Waals surface area contributed by atoms with Crippen LogP contribution >= 0.6 is 11.8 Å². The number of carbonyl (C=O) groups excluding carboxylic acids is 3. The number of rotatable bonds is 14. The lowest BCUT2D eigenvalue weighted by molar-refractivity contribution is -0.141. The molecule has 2 aromatic carbocycles. The summed E-state index contributed by atoms with van der Waals surface area (Å²) in [6.45, 7) is 1.34. The number of para-hydroxylation sites is 1. The molecule has 0 saturated heterocycles. The number of H-pyrrole nitrogens is 1. The highest BCUT2D eigenvalue weighted by Crippen LogP contribution is 2.19. The zero-order chi connectivity index (χ0) is 29.2. The SMILES string of the molecule is CSCCC(NC(=O)C(Cc1c[nH]c2ccccc12)NC(=O)C(N)Cc1ccc(O)cc1)C(=O)NC(C)C(=O)O. The molecule has 3 aromatic rings. The molecular weight excluding hydrogens is 534 g/mol. The summed E-state index contributed by atoms with van der Waals surface area (Å²) in [7, 11) is 0. The zero-order valence-electron chi connectivity index (χ0n) is 22.3. The fraction of sp³-hybridized carbons (Fsp3) is 0.357. The highest BCUT2D eigenvalue weighted by molar-refractivity contribution is 7.98. The largest absolute Gasteiger partial charge is 0.508 e. The average molecular weight is 570 g/mol. The van der Waals surface area contributed by atoms with Crippen LogP contribution in [-0.4, -0.2) is 75.1 Å². The summed E-state index contributed by atoms with van der Waals surface area (Å²) in [6, 6.07) is 9.66. The number of carbonyl (C=O) groups is 4. The molecule has 0 saturated carbocycles. The minimum atomic E-state index is -1.20. The summed E-state index contributed by atoms with van der Waals surface area (Å²) in [5.41, 5.74) is 8.55. The lowest BCUT2D eigenvalue weighted by atomic mass is 10.0. The van der Waals surface area contributed by atoms with E-state index in [1.54, 1.807) is 18.3 Å². The highest BCUT2D eigenvalue weighted by atomic mass is 32.2. The maximum absolute atomic E-state index is 13.5. The van der Waals surface area contributed by atoms with Gasteiger partial charge < -0.3 is 36.9 Å². The van der Waals surface area contributed by atoms with Crippen molar-refractivity contribution in [2.45, 2.75) is 50.4 Å². The standard InChI is InChI=1S/C28H35N5O6S/c1-16(28(38)39)31-26(36)23(11-12-40-2)32-27(37)24(14-18-15-30-22-6-4-3-5-20(18)22)33-25(35)21(29)13-17-7-9-19(34)10-8-17/h3-10,15-16,21,23-24,30,34H,11-14,29H2,1-2H3,(H,31,36)(H,32,37)(H,33,35)(H,38,39). The molecule has 40 heavy (non-hydrogen) atoms. The van der Waals surface area contributed by atoms with Gasteiger partial charge in [0.25, 0.3) is 0 Å². The molecule has 0 aliphatic heterocycles. The van der Waals surface area contributed by atoms with E-state index in [2.05, 4.69) is 20.9 Å². The molecule has 1 heterocycles. The second-order valence-corrected chi connectivity index (χ2v) is 10.5. The van der Waals surface area contributed by atoms with Gasteiger partial charge in [-0.3, -0.25) is 19.2 Å². The van der Waals surface area contributed by atoms with Crippen LogP contribution in [0.1, 0.15) is 24.5 Å². The fourth-order valence-corrected chi connectivity index (χ4v) is 4.61. The first-order chi connectivity index (χ1) is 19.1. The quantitative estimate of drug-likeness (QED) is 0.151. The Hall–Kier alpha value is -4.03. The van der Waals surface area contributed by atoms with E-state index in [0.717, 1.165) is 22.0 Å². The minimum Gasteiger partial charge on any atom is -0.508 e. The van der Waals surface area contributed by atoms with E-state index in [4.69, 9.17) is 5.73 Å². The normalized spacial score (nSPS) is 14.1. The Morgan fingerprint density at radius 3 is 2.25 bits per heavy atom. The maximum atomic E-state index is 13.5. The number of benzene rings is 2. The number of thioether (sulfide) groups is 1. The number of aliphatic carboxylic acids is 1. The van der Waals surface area contributed by atoms with Crippen molar-refractivity contribution in [1.82, 2.24) is 20.9 Å². The van der Waals surface area contributed by atoms with E-state index in [1.807, 2.05) is 30.5 Å². The van der Waals surface area contributed by atoms with Crippen LogP contribution in [0.5, 0.6) is 5.75 Å². The predicted molar refractivity (Wildman–Crippen MR) is 154 cm³/mol. The summed E-state index contributed by atoms with van der Waals surface area (Å²) >= 11 is 1.48. The third-order valence-corrected chi connectivity index (χ3v) is 7.08. The first-order valence-corrected chi connectivity index (χ1v) is 14.2. The molecule has 0 aliphatic rings. The summed E-state index contributed by atoms with van der Waals surface area (Å²) in [5.74, 6) is -2.35. The van der Waals surface area contributed by atoms with Gasteiger partial charge in [-0.25, -0.2) is 0 Å².